The molecular formula is C22H28N2O3S2. The van der Waals surface area contributed by atoms with Crippen molar-refractivity contribution >= 4 is 33.4 Å². The van der Waals surface area contributed by atoms with Crippen LogP contribution in [0.1, 0.15) is 30.9 Å². The van der Waals surface area contributed by atoms with E-state index in [2.05, 4.69) is 12.2 Å². The van der Waals surface area contributed by atoms with E-state index in [-0.39, 0.29) is 17.6 Å². The van der Waals surface area contributed by atoms with E-state index in [9.17, 15) is 13.2 Å². The van der Waals surface area contributed by atoms with Gasteiger partial charge in [0, 0.05) is 23.9 Å². The van der Waals surface area contributed by atoms with Gasteiger partial charge in [-0.05, 0) is 48.8 Å². The lowest BCUT2D eigenvalue weighted by molar-refractivity contribution is -0.120. The van der Waals surface area contributed by atoms with E-state index in [1.807, 2.05) is 55.5 Å². The van der Waals surface area contributed by atoms with Crippen LogP contribution in [0.25, 0.3) is 0 Å². The third-order valence-electron chi connectivity index (χ3n) is 5.26. The van der Waals surface area contributed by atoms with Crippen LogP contribution >= 0.6 is 11.8 Å². The lowest BCUT2D eigenvalue weighted by Crippen LogP contribution is -2.42. The molecule has 1 fully saturated rings. The first-order valence-electron chi connectivity index (χ1n) is 9.95. The van der Waals surface area contributed by atoms with Crippen molar-refractivity contribution < 1.29 is 13.2 Å². The number of rotatable bonds is 7. The second-order valence-electron chi connectivity index (χ2n) is 7.27. The summed E-state index contributed by atoms with van der Waals surface area (Å²) in [6, 6.07) is 15.4. The molecular weight excluding hydrogens is 404 g/mol. The van der Waals surface area contributed by atoms with E-state index < -0.39 is 10.0 Å². The highest BCUT2D eigenvalue weighted by Gasteiger charge is 2.31. The van der Waals surface area contributed by atoms with Crippen LogP contribution in [0.15, 0.2) is 53.4 Å². The Labute approximate surface area is 177 Å². The summed E-state index contributed by atoms with van der Waals surface area (Å²) in [5.74, 6) is 0.757. The maximum atomic E-state index is 12.8. The highest BCUT2D eigenvalue weighted by Crippen LogP contribution is 2.29. The van der Waals surface area contributed by atoms with E-state index in [0.717, 1.165) is 27.5 Å². The summed E-state index contributed by atoms with van der Waals surface area (Å²) in [5, 5.41) is 3.04. The third-order valence-corrected chi connectivity index (χ3v) is 8.05. The van der Waals surface area contributed by atoms with Crippen molar-refractivity contribution in [2.24, 2.45) is 5.92 Å². The first-order chi connectivity index (χ1) is 13.9. The number of carbonyl (C=O) groups excluding carboxylic acids is 1. The summed E-state index contributed by atoms with van der Waals surface area (Å²) in [6.45, 7) is 4.78. The van der Waals surface area contributed by atoms with E-state index >= 15 is 0 Å². The summed E-state index contributed by atoms with van der Waals surface area (Å²) in [5.41, 5.74) is 2.64. The maximum absolute atomic E-state index is 12.8. The van der Waals surface area contributed by atoms with Crippen LogP contribution in [0, 0.1) is 12.8 Å². The van der Waals surface area contributed by atoms with Crippen LogP contribution in [0.3, 0.4) is 0 Å². The van der Waals surface area contributed by atoms with Gasteiger partial charge in [-0.1, -0.05) is 43.3 Å². The Morgan fingerprint density at radius 1 is 1.10 bits per heavy atom. The van der Waals surface area contributed by atoms with Crippen molar-refractivity contribution in [2.45, 2.75) is 37.3 Å². The number of hydrogen-bond acceptors (Lipinski definition) is 4. The van der Waals surface area contributed by atoms with E-state index in [1.54, 1.807) is 11.8 Å². The molecule has 0 saturated carbocycles. The number of anilines is 1. The summed E-state index contributed by atoms with van der Waals surface area (Å²) in [6.07, 6.45) is 1.09. The minimum absolute atomic E-state index is 0.0121. The van der Waals surface area contributed by atoms with Crippen LogP contribution in [-0.2, 0) is 20.6 Å². The minimum atomic E-state index is -3.38. The van der Waals surface area contributed by atoms with Gasteiger partial charge in [-0.25, -0.2) is 12.7 Å². The van der Waals surface area contributed by atoms with Gasteiger partial charge in [-0.2, -0.15) is 0 Å². The number of nitrogens with zero attached hydrogens (tertiary/aromatic N) is 1. The molecule has 1 heterocycles. The van der Waals surface area contributed by atoms with Crippen LogP contribution in [0.4, 0.5) is 5.69 Å². The Morgan fingerprint density at radius 2 is 1.76 bits per heavy atom. The van der Waals surface area contributed by atoms with Gasteiger partial charge in [-0.15, -0.1) is 11.8 Å². The minimum Gasteiger partial charge on any atom is -0.325 e. The van der Waals surface area contributed by atoms with Gasteiger partial charge in [0.15, 0.2) is 0 Å². The molecule has 1 N–H and O–H groups in total. The van der Waals surface area contributed by atoms with Crippen molar-refractivity contribution in [1.29, 1.82) is 0 Å². The molecule has 0 bridgehead atoms. The Morgan fingerprint density at radius 3 is 2.45 bits per heavy atom. The molecule has 0 unspecified atom stereocenters. The zero-order valence-corrected chi connectivity index (χ0v) is 18.6. The summed E-state index contributed by atoms with van der Waals surface area (Å²) in [7, 11) is -3.38. The Bertz CT molecular complexity index is 952. The monoisotopic (exact) mass is 432 g/mol. The van der Waals surface area contributed by atoms with Crippen molar-refractivity contribution in [2.75, 3.05) is 24.2 Å². The number of amides is 1. The second kappa shape index (κ2) is 9.78. The van der Waals surface area contributed by atoms with Crippen LogP contribution < -0.4 is 5.32 Å². The first kappa shape index (κ1) is 21.9. The number of piperidine rings is 1. The molecule has 1 aliphatic heterocycles. The normalized spacial score (nSPS) is 15.9. The standard InChI is InChI=1S/C22H28N2O3S2/c1-3-28-21-11-7-6-10-20(21)23-22(25)18-12-14-24(15-13-18)29(26,27)16-19-9-5-4-8-17(19)2/h4-11,18H,3,12-16H2,1-2H3,(H,23,25). The molecule has 29 heavy (non-hydrogen) atoms. The molecule has 1 saturated heterocycles. The lowest BCUT2D eigenvalue weighted by atomic mass is 9.97. The average molecular weight is 433 g/mol. The van der Waals surface area contributed by atoms with Crippen molar-refractivity contribution in [3.05, 3.63) is 59.7 Å². The molecule has 0 spiro atoms. The fourth-order valence-corrected chi connectivity index (χ4v) is 5.97. The van der Waals surface area contributed by atoms with Gasteiger partial charge in [0.2, 0.25) is 15.9 Å². The number of benzene rings is 2. The van der Waals surface area contributed by atoms with Gasteiger partial charge in [0.25, 0.3) is 0 Å². The zero-order valence-electron chi connectivity index (χ0n) is 16.9. The number of carbonyl (C=O) groups is 1. The molecule has 7 heteroatoms. The fraction of sp³-hybridized carbons (Fsp3) is 0.409. The topological polar surface area (TPSA) is 66.5 Å². The molecule has 0 radical (unpaired) electrons. The molecule has 3 rings (SSSR count). The van der Waals surface area contributed by atoms with E-state index in [0.29, 0.717) is 25.9 Å². The number of thioether (sulfide) groups is 1. The lowest BCUT2D eigenvalue weighted by Gasteiger charge is -2.30. The van der Waals surface area contributed by atoms with E-state index in [1.165, 1.54) is 4.31 Å². The first-order valence-corrected chi connectivity index (χ1v) is 12.5. The second-order valence-corrected chi connectivity index (χ2v) is 10.5. The summed E-state index contributed by atoms with van der Waals surface area (Å²) >= 11 is 1.69. The number of sulfonamides is 1. The highest BCUT2D eigenvalue weighted by molar-refractivity contribution is 7.99. The fourth-order valence-electron chi connectivity index (χ4n) is 3.54. The zero-order chi connectivity index (χ0) is 20.9. The van der Waals surface area contributed by atoms with Crippen LogP contribution in [-0.4, -0.2) is 37.5 Å². The third kappa shape index (κ3) is 5.62. The van der Waals surface area contributed by atoms with Crippen molar-refractivity contribution in [3.63, 3.8) is 0 Å². The number of aryl methyl sites for hydroxylation is 1. The highest BCUT2D eigenvalue weighted by atomic mass is 32.2. The summed E-state index contributed by atoms with van der Waals surface area (Å²) < 4.78 is 27.2. The molecule has 2 aromatic rings. The van der Waals surface area contributed by atoms with Gasteiger partial charge in [0.1, 0.15) is 0 Å². The SMILES string of the molecule is CCSc1ccccc1NC(=O)C1CCN(S(=O)(=O)Cc2ccccc2C)CC1. The number of nitrogens with one attached hydrogen (secondary N) is 1. The quantitative estimate of drug-likeness (QED) is 0.663. The van der Waals surface area contributed by atoms with Crippen LogP contribution in [0.5, 0.6) is 0 Å². The van der Waals surface area contributed by atoms with Crippen molar-refractivity contribution in [1.82, 2.24) is 4.31 Å². The van der Waals surface area contributed by atoms with E-state index in [4.69, 9.17) is 0 Å². The Kier molecular flexibility index (Phi) is 7.38. The van der Waals surface area contributed by atoms with Gasteiger partial charge < -0.3 is 5.32 Å². The maximum Gasteiger partial charge on any atom is 0.227 e. The van der Waals surface area contributed by atoms with Crippen molar-refractivity contribution in [3.8, 4) is 0 Å². The molecule has 156 valence electrons. The van der Waals surface area contributed by atoms with Crippen LogP contribution in [0.2, 0.25) is 0 Å². The van der Waals surface area contributed by atoms with Gasteiger partial charge >= 0.3 is 0 Å². The summed E-state index contributed by atoms with van der Waals surface area (Å²) in [4.78, 5) is 13.8. The van der Waals surface area contributed by atoms with Gasteiger partial charge in [0.05, 0.1) is 11.4 Å². The number of hydrogen-bond donors (Lipinski definition) is 1. The molecule has 1 amide bonds. The Balaban J connectivity index is 1.59. The van der Waals surface area contributed by atoms with Gasteiger partial charge in [-0.3, -0.25) is 4.79 Å². The molecule has 1 aliphatic rings. The predicted octanol–water partition coefficient (Wildman–Crippen LogP) is 4.29. The number of para-hydroxylation sites is 1. The molecule has 0 aliphatic carbocycles. The molecule has 2 aromatic carbocycles. The predicted molar refractivity (Wildman–Crippen MR) is 120 cm³/mol. The average Bonchev–Trinajstić information content (AvgIpc) is 2.71. The Hall–Kier alpha value is -1.83. The molecule has 0 atom stereocenters. The largest absolute Gasteiger partial charge is 0.325 e. The molecule has 0 aromatic heterocycles. The smallest absolute Gasteiger partial charge is 0.227 e. The molecule has 5 nitrogen and oxygen atoms in total.